The summed E-state index contributed by atoms with van der Waals surface area (Å²) in [6.45, 7) is 2.11. The van der Waals surface area contributed by atoms with Crippen LogP contribution in [0.25, 0.3) is 0 Å². The Kier molecular flexibility index (Phi) is 6.65. The molecule has 0 aromatic rings. The van der Waals surface area contributed by atoms with Gasteiger partial charge in [0, 0.05) is 19.9 Å². The van der Waals surface area contributed by atoms with E-state index in [-0.39, 0.29) is 0 Å². The van der Waals surface area contributed by atoms with E-state index in [2.05, 4.69) is 30.2 Å². The fourth-order valence-corrected chi connectivity index (χ4v) is 2.18. The second-order valence-electron chi connectivity index (χ2n) is 4.98. The van der Waals surface area contributed by atoms with Crippen LogP contribution in [0.15, 0.2) is 4.99 Å². The molecule has 0 saturated heterocycles. The third kappa shape index (κ3) is 5.61. The molecule has 1 saturated carbocycles. The van der Waals surface area contributed by atoms with Crippen LogP contribution in [-0.4, -0.2) is 51.5 Å². The Labute approximate surface area is 99.9 Å². The van der Waals surface area contributed by atoms with Gasteiger partial charge in [0.05, 0.1) is 6.10 Å². The lowest BCUT2D eigenvalue weighted by Crippen LogP contribution is -2.21. The van der Waals surface area contributed by atoms with Crippen LogP contribution in [0.2, 0.25) is 0 Å². The Hall–Kier alpha value is -0.410. The van der Waals surface area contributed by atoms with Crippen molar-refractivity contribution in [3.63, 3.8) is 0 Å². The largest absolute Gasteiger partial charge is 0.381 e. The van der Waals surface area contributed by atoms with Gasteiger partial charge in [0.15, 0.2) is 0 Å². The fraction of sp³-hybridized carbons (Fsp3) is 0.923. The molecule has 0 unspecified atom stereocenters. The van der Waals surface area contributed by atoms with E-state index in [1.165, 1.54) is 25.7 Å². The zero-order valence-corrected chi connectivity index (χ0v) is 11.0. The van der Waals surface area contributed by atoms with Crippen LogP contribution in [0.4, 0.5) is 0 Å². The van der Waals surface area contributed by atoms with Crippen LogP contribution in [0, 0.1) is 5.92 Å². The zero-order chi connectivity index (χ0) is 11.8. The van der Waals surface area contributed by atoms with E-state index in [0.29, 0.717) is 12.0 Å². The highest BCUT2D eigenvalue weighted by atomic mass is 16.5. The number of methoxy groups -OCH3 is 1. The van der Waals surface area contributed by atoms with E-state index in [9.17, 15) is 0 Å². The summed E-state index contributed by atoms with van der Waals surface area (Å²) >= 11 is 0. The highest BCUT2D eigenvalue weighted by molar-refractivity contribution is 5.60. The minimum atomic E-state index is 0.499. The predicted octanol–water partition coefficient (Wildman–Crippen LogP) is 2.21. The number of nitrogens with zero attached hydrogens (tertiary/aromatic N) is 2. The quantitative estimate of drug-likeness (QED) is 0.512. The van der Waals surface area contributed by atoms with Crippen molar-refractivity contribution in [2.75, 3.05) is 34.3 Å². The van der Waals surface area contributed by atoms with Crippen LogP contribution < -0.4 is 0 Å². The molecule has 3 nitrogen and oxygen atoms in total. The summed E-state index contributed by atoms with van der Waals surface area (Å²) in [6.07, 6.45) is 8.73. The summed E-state index contributed by atoms with van der Waals surface area (Å²) in [5.74, 6) is 0.700. The number of rotatable bonds is 6. The van der Waals surface area contributed by atoms with Gasteiger partial charge in [-0.25, -0.2) is 0 Å². The molecule has 1 aliphatic carbocycles. The van der Waals surface area contributed by atoms with Gasteiger partial charge in [-0.3, -0.25) is 4.99 Å². The van der Waals surface area contributed by atoms with Gasteiger partial charge in [0.2, 0.25) is 0 Å². The summed E-state index contributed by atoms with van der Waals surface area (Å²) in [5, 5.41) is 0. The van der Waals surface area contributed by atoms with Gasteiger partial charge in [-0.15, -0.1) is 0 Å². The average molecular weight is 226 g/mol. The summed E-state index contributed by atoms with van der Waals surface area (Å²) in [6, 6.07) is 0. The van der Waals surface area contributed by atoms with Crippen LogP contribution in [-0.2, 0) is 4.74 Å². The summed E-state index contributed by atoms with van der Waals surface area (Å²) in [5.41, 5.74) is 0. The van der Waals surface area contributed by atoms with Gasteiger partial charge in [-0.2, -0.15) is 0 Å². The molecular formula is C13H26N2O. The molecule has 1 fully saturated rings. The Morgan fingerprint density at radius 3 is 2.50 bits per heavy atom. The van der Waals surface area contributed by atoms with E-state index in [4.69, 9.17) is 4.74 Å². The van der Waals surface area contributed by atoms with Gasteiger partial charge in [-0.05, 0) is 58.7 Å². The second-order valence-corrected chi connectivity index (χ2v) is 4.98. The van der Waals surface area contributed by atoms with Gasteiger partial charge in [-0.1, -0.05) is 0 Å². The van der Waals surface area contributed by atoms with Crippen LogP contribution >= 0.6 is 0 Å². The molecule has 0 radical (unpaired) electrons. The molecule has 0 N–H and O–H groups in total. The molecular weight excluding hydrogens is 200 g/mol. The smallest absolute Gasteiger partial charge is 0.0571 e. The molecule has 1 rings (SSSR count). The van der Waals surface area contributed by atoms with Gasteiger partial charge in [0.25, 0.3) is 0 Å². The molecule has 16 heavy (non-hydrogen) atoms. The van der Waals surface area contributed by atoms with Crippen molar-refractivity contribution in [2.45, 2.75) is 38.2 Å². The minimum Gasteiger partial charge on any atom is -0.381 e. The average Bonchev–Trinajstić information content (AvgIpc) is 2.29. The Bertz CT molecular complexity index is 196. The maximum Gasteiger partial charge on any atom is 0.0571 e. The van der Waals surface area contributed by atoms with E-state index in [1.807, 2.05) is 7.11 Å². The summed E-state index contributed by atoms with van der Waals surface area (Å²) in [4.78, 5) is 6.73. The lowest BCUT2D eigenvalue weighted by Gasteiger charge is -2.24. The molecule has 0 aliphatic heterocycles. The standard InChI is InChI=1S/C13H26N2O/c1-15(2)10-4-9-14-11-12-5-7-13(16-3)8-6-12/h11-13H,4-10H2,1-3H3. The molecule has 94 valence electrons. The van der Waals surface area contributed by atoms with Crippen molar-refractivity contribution < 1.29 is 4.74 Å². The molecule has 0 spiro atoms. The van der Waals surface area contributed by atoms with E-state index in [0.717, 1.165) is 19.5 Å². The molecule has 0 aromatic heterocycles. The lowest BCUT2D eigenvalue weighted by molar-refractivity contribution is 0.0651. The third-order valence-corrected chi connectivity index (χ3v) is 3.26. The maximum atomic E-state index is 5.36. The van der Waals surface area contributed by atoms with Crippen LogP contribution in [0.5, 0.6) is 0 Å². The SMILES string of the molecule is COC1CCC(C=NCCCN(C)C)CC1. The minimum absolute atomic E-state index is 0.499. The van der Waals surface area contributed by atoms with Crippen LogP contribution in [0.3, 0.4) is 0 Å². The van der Waals surface area contributed by atoms with Crippen molar-refractivity contribution in [1.29, 1.82) is 0 Å². The van der Waals surface area contributed by atoms with E-state index >= 15 is 0 Å². The molecule has 0 aromatic carbocycles. The molecule has 0 atom stereocenters. The monoisotopic (exact) mass is 226 g/mol. The van der Waals surface area contributed by atoms with Gasteiger partial charge in [0.1, 0.15) is 0 Å². The molecule has 0 amide bonds. The first kappa shape index (κ1) is 13.7. The number of hydrogen-bond donors (Lipinski definition) is 0. The number of hydrogen-bond acceptors (Lipinski definition) is 3. The van der Waals surface area contributed by atoms with Crippen LogP contribution in [0.1, 0.15) is 32.1 Å². The van der Waals surface area contributed by atoms with Crippen molar-refractivity contribution in [2.24, 2.45) is 10.9 Å². The summed E-state index contributed by atoms with van der Waals surface area (Å²) in [7, 11) is 6.03. The highest BCUT2D eigenvalue weighted by Crippen LogP contribution is 2.24. The van der Waals surface area contributed by atoms with Crippen molar-refractivity contribution in [3.8, 4) is 0 Å². The van der Waals surface area contributed by atoms with E-state index in [1.54, 1.807) is 0 Å². The third-order valence-electron chi connectivity index (χ3n) is 3.26. The van der Waals surface area contributed by atoms with Crippen molar-refractivity contribution in [3.05, 3.63) is 0 Å². The first-order valence-corrected chi connectivity index (χ1v) is 6.40. The second kappa shape index (κ2) is 7.80. The van der Waals surface area contributed by atoms with E-state index < -0.39 is 0 Å². The first-order valence-electron chi connectivity index (χ1n) is 6.40. The predicted molar refractivity (Wildman–Crippen MR) is 69.3 cm³/mol. The van der Waals surface area contributed by atoms with Gasteiger partial charge >= 0.3 is 0 Å². The topological polar surface area (TPSA) is 24.8 Å². The molecule has 3 heteroatoms. The Morgan fingerprint density at radius 2 is 1.94 bits per heavy atom. The zero-order valence-electron chi connectivity index (χ0n) is 11.0. The number of aliphatic imine (C=N–C) groups is 1. The fourth-order valence-electron chi connectivity index (χ4n) is 2.18. The van der Waals surface area contributed by atoms with Crippen molar-refractivity contribution in [1.82, 2.24) is 4.90 Å². The molecule has 0 bridgehead atoms. The number of ether oxygens (including phenoxy) is 1. The summed E-state index contributed by atoms with van der Waals surface area (Å²) < 4.78 is 5.36. The Morgan fingerprint density at radius 1 is 1.25 bits per heavy atom. The molecule has 1 aliphatic rings. The molecule has 0 heterocycles. The highest BCUT2D eigenvalue weighted by Gasteiger charge is 2.18. The first-order chi connectivity index (χ1) is 7.72. The normalized spacial score (nSPS) is 26.8. The van der Waals surface area contributed by atoms with Crippen molar-refractivity contribution >= 4 is 6.21 Å². The maximum absolute atomic E-state index is 5.36. The van der Waals surface area contributed by atoms with Gasteiger partial charge < -0.3 is 9.64 Å². The Balaban J connectivity index is 2.06. The lowest BCUT2D eigenvalue weighted by atomic mass is 9.88.